The molecule has 1 amide bonds. The van der Waals surface area contributed by atoms with Gasteiger partial charge in [-0.15, -0.1) is 0 Å². The molecular formula is C23H30N6O2. The smallest absolute Gasteiger partial charge is 0.279 e. The highest BCUT2D eigenvalue weighted by Gasteiger charge is 2.23. The minimum absolute atomic E-state index is 0.118. The SMILES string of the molecule is CN/C=C\C(N)=NC(=O)c1cc(Oc2ccccc2)nc(N(C)C2CCN(C)CC2)c1. The van der Waals surface area contributed by atoms with Crippen molar-refractivity contribution in [2.75, 3.05) is 39.1 Å². The predicted octanol–water partition coefficient (Wildman–Crippen LogP) is 2.63. The Bertz CT molecular complexity index is 936. The van der Waals surface area contributed by atoms with Gasteiger partial charge in [0.1, 0.15) is 17.4 Å². The van der Waals surface area contributed by atoms with E-state index in [1.165, 1.54) is 6.08 Å². The van der Waals surface area contributed by atoms with Gasteiger partial charge in [-0.1, -0.05) is 18.2 Å². The fraction of sp³-hybridized carbons (Fsp3) is 0.348. The van der Waals surface area contributed by atoms with Crippen LogP contribution < -0.4 is 20.7 Å². The molecule has 1 saturated heterocycles. The zero-order valence-corrected chi connectivity index (χ0v) is 18.3. The van der Waals surface area contributed by atoms with Crippen LogP contribution in [0.5, 0.6) is 11.6 Å². The number of nitrogens with two attached hydrogens (primary N) is 1. The van der Waals surface area contributed by atoms with Crippen LogP contribution in [0.25, 0.3) is 0 Å². The quantitative estimate of drug-likeness (QED) is 0.523. The fourth-order valence-electron chi connectivity index (χ4n) is 3.41. The zero-order valence-electron chi connectivity index (χ0n) is 18.3. The Morgan fingerprint density at radius 1 is 1.29 bits per heavy atom. The number of carbonyl (C=O) groups is 1. The maximum atomic E-state index is 12.8. The monoisotopic (exact) mass is 422 g/mol. The number of rotatable bonds is 7. The van der Waals surface area contributed by atoms with Crippen LogP contribution in [-0.2, 0) is 0 Å². The Hall–Kier alpha value is -3.39. The van der Waals surface area contributed by atoms with Crippen molar-refractivity contribution in [3.63, 3.8) is 0 Å². The molecule has 0 spiro atoms. The number of nitrogens with zero attached hydrogens (tertiary/aromatic N) is 4. The van der Waals surface area contributed by atoms with Crippen molar-refractivity contribution in [1.29, 1.82) is 0 Å². The summed E-state index contributed by atoms with van der Waals surface area (Å²) >= 11 is 0. The van der Waals surface area contributed by atoms with E-state index in [4.69, 9.17) is 10.5 Å². The Labute approximate surface area is 183 Å². The van der Waals surface area contributed by atoms with E-state index in [0.717, 1.165) is 25.9 Å². The summed E-state index contributed by atoms with van der Waals surface area (Å²) in [5.41, 5.74) is 6.20. The molecule has 0 radical (unpaired) electrons. The third kappa shape index (κ3) is 6.29. The number of piperidine rings is 1. The number of hydrogen-bond acceptors (Lipinski definition) is 6. The van der Waals surface area contributed by atoms with Crippen LogP contribution >= 0.6 is 0 Å². The summed E-state index contributed by atoms with van der Waals surface area (Å²) in [6.07, 6.45) is 5.21. The average Bonchev–Trinajstić information content (AvgIpc) is 2.78. The Morgan fingerprint density at radius 2 is 2.00 bits per heavy atom. The van der Waals surface area contributed by atoms with E-state index in [2.05, 4.69) is 32.1 Å². The number of likely N-dealkylation sites (tertiary alicyclic amines) is 1. The largest absolute Gasteiger partial charge is 0.439 e. The lowest BCUT2D eigenvalue weighted by Crippen LogP contribution is -2.42. The molecule has 0 bridgehead atoms. The van der Waals surface area contributed by atoms with E-state index in [9.17, 15) is 4.79 Å². The highest BCUT2D eigenvalue weighted by molar-refractivity contribution is 6.06. The van der Waals surface area contributed by atoms with Crippen molar-refractivity contribution in [3.05, 3.63) is 60.3 Å². The van der Waals surface area contributed by atoms with E-state index in [-0.39, 0.29) is 5.84 Å². The lowest BCUT2D eigenvalue weighted by molar-refractivity contribution is 0.100. The topological polar surface area (TPSA) is 96.1 Å². The Morgan fingerprint density at radius 3 is 2.68 bits per heavy atom. The lowest BCUT2D eigenvalue weighted by atomic mass is 10.0. The van der Waals surface area contributed by atoms with E-state index in [1.807, 2.05) is 37.4 Å². The van der Waals surface area contributed by atoms with E-state index >= 15 is 0 Å². The number of aromatic nitrogens is 1. The number of benzene rings is 1. The van der Waals surface area contributed by atoms with Gasteiger partial charge in [0.2, 0.25) is 5.88 Å². The number of aliphatic imine (C=N–C) groups is 1. The molecule has 0 unspecified atom stereocenters. The number of amidine groups is 1. The average molecular weight is 423 g/mol. The summed E-state index contributed by atoms with van der Waals surface area (Å²) in [6, 6.07) is 13.0. The number of hydrogen-bond donors (Lipinski definition) is 2. The number of amides is 1. The molecule has 8 heteroatoms. The minimum atomic E-state index is -0.448. The first-order chi connectivity index (χ1) is 15.0. The molecule has 0 saturated carbocycles. The van der Waals surface area contributed by atoms with Crippen LogP contribution in [0.3, 0.4) is 0 Å². The van der Waals surface area contributed by atoms with Gasteiger partial charge < -0.3 is 25.6 Å². The van der Waals surface area contributed by atoms with Crippen LogP contribution in [0.1, 0.15) is 23.2 Å². The predicted molar refractivity (Wildman–Crippen MR) is 124 cm³/mol. The van der Waals surface area contributed by atoms with Crippen molar-refractivity contribution >= 4 is 17.6 Å². The van der Waals surface area contributed by atoms with Gasteiger partial charge in [-0.3, -0.25) is 4.79 Å². The molecule has 0 atom stereocenters. The van der Waals surface area contributed by atoms with Gasteiger partial charge in [0.25, 0.3) is 5.91 Å². The summed E-state index contributed by atoms with van der Waals surface area (Å²) in [6.45, 7) is 2.05. The molecule has 31 heavy (non-hydrogen) atoms. The molecule has 1 aliphatic rings. The van der Waals surface area contributed by atoms with E-state index in [0.29, 0.717) is 29.1 Å². The summed E-state index contributed by atoms with van der Waals surface area (Å²) in [5.74, 6) is 1.33. The summed E-state index contributed by atoms with van der Waals surface area (Å²) in [5, 5.41) is 2.82. The number of nitrogens with one attached hydrogen (secondary N) is 1. The van der Waals surface area contributed by atoms with Crippen molar-refractivity contribution in [3.8, 4) is 11.6 Å². The minimum Gasteiger partial charge on any atom is -0.439 e. The summed E-state index contributed by atoms with van der Waals surface area (Å²) < 4.78 is 5.93. The molecule has 3 rings (SSSR count). The fourth-order valence-corrected chi connectivity index (χ4v) is 3.41. The molecule has 3 N–H and O–H groups in total. The Balaban J connectivity index is 1.91. The molecule has 164 valence electrons. The maximum Gasteiger partial charge on any atom is 0.279 e. The van der Waals surface area contributed by atoms with Gasteiger partial charge in [0.15, 0.2) is 0 Å². The number of para-hydroxylation sites is 1. The second-order valence-corrected chi connectivity index (χ2v) is 7.58. The van der Waals surface area contributed by atoms with Crippen LogP contribution in [0.15, 0.2) is 59.7 Å². The molecule has 1 aliphatic heterocycles. The second kappa shape index (κ2) is 10.6. The van der Waals surface area contributed by atoms with Gasteiger partial charge in [-0.25, -0.2) is 0 Å². The normalized spacial score (nSPS) is 15.8. The third-order valence-electron chi connectivity index (χ3n) is 5.25. The van der Waals surface area contributed by atoms with E-state index < -0.39 is 5.91 Å². The molecule has 2 aromatic rings. The molecule has 1 aromatic carbocycles. The Kier molecular flexibility index (Phi) is 7.61. The van der Waals surface area contributed by atoms with Gasteiger partial charge in [-0.05, 0) is 63.5 Å². The number of carbonyl (C=O) groups excluding carboxylic acids is 1. The molecule has 8 nitrogen and oxygen atoms in total. The highest BCUT2D eigenvalue weighted by Crippen LogP contribution is 2.27. The second-order valence-electron chi connectivity index (χ2n) is 7.58. The number of anilines is 1. The number of ether oxygens (including phenoxy) is 1. The van der Waals surface area contributed by atoms with Crippen LogP contribution in [0.4, 0.5) is 5.82 Å². The first-order valence-corrected chi connectivity index (χ1v) is 10.3. The first kappa shape index (κ1) is 22.3. The third-order valence-corrected chi connectivity index (χ3v) is 5.25. The first-order valence-electron chi connectivity index (χ1n) is 10.3. The summed E-state index contributed by atoms with van der Waals surface area (Å²) in [4.78, 5) is 25.9. The van der Waals surface area contributed by atoms with Crippen molar-refractivity contribution in [1.82, 2.24) is 15.2 Å². The van der Waals surface area contributed by atoms with Crippen LogP contribution in [-0.4, -0.2) is 61.9 Å². The van der Waals surface area contributed by atoms with Crippen LogP contribution in [0.2, 0.25) is 0 Å². The van der Waals surface area contributed by atoms with Crippen molar-refractivity contribution in [2.45, 2.75) is 18.9 Å². The molecule has 2 heterocycles. The molecule has 1 fully saturated rings. The highest BCUT2D eigenvalue weighted by atomic mass is 16.5. The maximum absolute atomic E-state index is 12.8. The summed E-state index contributed by atoms with van der Waals surface area (Å²) in [7, 11) is 5.88. The van der Waals surface area contributed by atoms with Gasteiger partial charge in [0, 0.05) is 26.2 Å². The van der Waals surface area contributed by atoms with Crippen molar-refractivity contribution in [2.24, 2.45) is 10.7 Å². The molecule has 0 aliphatic carbocycles. The lowest BCUT2D eigenvalue weighted by Gasteiger charge is -2.35. The standard InChI is InChI=1S/C23H30N6O2/c1-25-12-9-20(24)26-23(30)17-15-21(29(3)18-10-13-28(2)14-11-18)27-22(16-17)31-19-7-5-4-6-8-19/h4-9,12,15-16,18,25H,10-11,13-14H2,1-3H3,(H2,24,26,30)/b12-9-. The van der Waals surface area contributed by atoms with Crippen molar-refractivity contribution < 1.29 is 9.53 Å². The molecule has 1 aromatic heterocycles. The zero-order chi connectivity index (χ0) is 22.2. The number of pyridine rings is 1. The van der Waals surface area contributed by atoms with Gasteiger partial charge >= 0.3 is 0 Å². The van der Waals surface area contributed by atoms with E-state index in [1.54, 1.807) is 25.4 Å². The van der Waals surface area contributed by atoms with Gasteiger partial charge in [0.05, 0.1) is 5.56 Å². The van der Waals surface area contributed by atoms with Gasteiger partial charge in [-0.2, -0.15) is 9.98 Å². The van der Waals surface area contributed by atoms with Crippen LogP contribution in [0, 0.1) is 0 Å². The molecular weight excluding hydrogens is 392 g/mol.